The Hall–Kier alpha value is -1.85. The number of carbonyl (C=O) groups is 2. The molecule has 0 aliphatic heterocycles. The first-order valence-corrected chi connectivity index (χ1v) is 6.39. The van der Waals surface area contributed by atoms with Crippen molar-refractivity contribution in [2.45, 2.75) is 33.6 Å². The highest BCUT2D eigenvalue weighted by Gasteiger charge is 2.21. The zero-order chi connectivity index (χ0) is 14.4. The van der Waals surface area contributed by atoms with Crippen LogP contribution in [0.25, 0.3) is 0 Å². The van der Waals surface area contributed by atoms with Crippen LogP contribution in [0.5, 0.6) is 0 Å². The summed E-state index contributed by atoms with van der Waals surface area (Å²) in [7, 11) is 0. The maximum atomic E-state index is 11.9. The van der Waals surface area contributed by atoms with Gasteiger partial charge in [-0.25, -0.2) is 4.98 Å². The lowest BCUT2D eigenvalue weighted by atomic mass is 9.97. The second-order valence-electron chi connectivity index (χ2n) is 4.85. The summed E-state index contributed by atoms with van der Waals surface area (Å²) in [6.45, 7) is 5.85. The van der Waals surface area contributed by atoms with Gasteiger partial charge >= 0.3 is 5.97 Å². The van der Waals surface area contributed by atoms with Gasteiger partial charge in [0.25, 0.3) is 5.91 Å². The fraction of sp³-hybridized carbons (Fsp3) is 0.615. The van der Waals surface area contributed by atoms with E-state index in [1.54, 1.807) is 0 Å². The first-order chi connectivity index (χ1) is 8.95. The number of carboxylic acids is 1. The number of oxazole rings is 1. The topological polar surface area (TPSA) is 92.4 Å². The van der Waals surface area contributed by atoms with E-state index in [0.29, 0.717) is 18.6 Å². The van der Waals surface area contributed by atoms with Crippen LogP contribution in [-0.4, -0.2) is 28.5 Å². The van der Waals surface area contributed by atoms with Gasteiger partial charge in [0.15, 0.2) is 12.1 Å². The lowest BCUT2D eigenvalue weighted by Crippen LogP contribution is -2.34. The van der Waals surface area contributed by atoms with Gasteiger partial charge in [0.1, 0.15) is 5.76 Å². The first kappa shape index (κ1) is 15.2. The number of hydrogen-bond acceptors (Lipinski definition) is 4. The highest BCUT2D eigenvalue weighted by molar-refractivity contribution is 5.93. The maximum Gasteiger partial charge on any atom is 0.308 e. The summed E-state index contributed by atoms with van der Waals surface area (Å²) in [5, 5.41) is 11.7. The number of rotatable bonds is 7. The smallest absolute Gasteiger partial charge is 0.308 e. The van der Waals surface area contributed by atoms with Crippen molar-refractivity contribution in [2.24, 2.45) is 11.8 Å². The van der Waals surface area contributed by atoms with E-state index in [1.807, 2.05) is 20.8 Å². The van der Waals surface area contributed by atoms with E-state index in [4.69, 9.17) is 9.52 Å². The molecule has 1 rings (SSSR count). The van der Waals surface area contributed by atoms with E-state index in [1.165, 1.54) is 6.39 Å². The van der Waals surface area contributed by atoms with Gasteiger partial charge in [-0.2, -0.15) is 0 Å². The molecule has 1 heterocycles. The van der Waals surface area contributed by atoms with Crippen molar-refractivity contribution < 1.29 is 19.1 Å². The molecule has 0 spiro atoms. The van der Waals surface area contributed by atoms with Crippen molar-refractivity contribution in [1.29, 1.82) is 0 Å². The molecular formula is C13H20N2O4. The Bertz CT molecular complexity index is 440. The molecule has 0 aliphatic carbocycles. The van der Waals surface area contributed by atoms with Crippen molar-refractivity contribution in [1.82, 2.24) is 10.3 Å². The van der Waals surface area contributed by atoms with Crippen LogP contribution < -0.4 is 5.32 Å². The van der Waals surface area contributed by atoms with Crippen molar-refractivity contribution in [3.63, 3.8) is 0 Å². The number of aromatic nitrogens is 1. The van der Waals surface area contributed by atoms with Crippen LogP contribution in [-0.2, 0) is 11.2 Å². The van der Waals surface area contributed by atoms with E-state index >= 15 is 0 Å². The van der Waals surface area contributed by atoms with Crippen LogP contribution in [0.3, 0.4) is 0 Å². The average molecular weight is 268 g/mol. The molecule has 19 heavy (non-hydrogen) atoms. The third-order valence-electron chi connectivity index (χ3n) is 2.79. The Morgan fingerprint density at radius 2 is 2.16 bits per heavy atom. The van der Waals surface area contributed by atoms with Crippen LogP contribution in [0.2, 0.25) is 0 Å². The lowest BCUT2D eigenvalue weighted by Gasteiger charge is -2.15. The summed E-state index contributed by atoms with van der Waals surface area (Å²) in [4.78, 5) is 26.8. The second kappa shape index (κ2) is 6.92. The molecule has 2 N–H and O–H groups in total. The molecule has 6 nitrogen and oxygen atoms in total. The summed E-state index contributed by atoms with van der Waals surface area (Å²) >= 11 is 0. The van der Waals surface area contributed by atoms with Gasteiger partial charge in [0, 0.05) is 13.0 Å². The standard InChI is InChI=1S/C13H20N2O4/c1-4-10-11(15-7-19-10)12(16)14-6-9(13(17)18)5-8(2)3/h7-9H,4-6H2,1-3H3,(H,14,16)(H,17,18). The molecule has 0 saturated heterocycles. The van der Waals surface area contributed by atoms with E-state index < -0.39 is 11.9 Å². The van der Waals surface area contributed by atoms with E-state index in [9.17, 15) is 9.59 Å². The van der Waals surface area contributed by atoms with Gasteiger partial charge in [-0.05, 0) is 12.3 Å². The molecule has 0 radical (unpaired) electrons. The average Bonchev–Trinajstić information content (AvgIpc) is 2.81. The molecule has 106 valence electrons. The van der Waals surface area contributed by atoms with Gasteiger partial charge in [0.2, 0.25) is 0 Å². The number of hydrogen-bond donors (Lipinski definition) is 2. The first-order valence-electron chi connectivity index (χ1n) is 6.39. The van der Waals surface area contributed by atoms with Gasteiger partial charge in [-0.3, -0.25) is 9.59 Å². The molecule has 1 aromatic rings. The summed E-state index contributed by atoms with van der Waals surface area (Å²) in [5.41, 5.74) is 0.233. The molecule has 6 heteroatoms. The van der Waals surface area contributed by atoms with Crippen molar-refractivity contribution >= 4 is 11.9 Å². The summed E-state index contributed by atoms with van der Waals surface area (Å²) in [6.07, 6.45) is 2.31. The summed E-state index contributed by atoms with van der Waals surface area (Å²) in [6, 6.07) is 0. The summed E-state index contributed by atoms with van der Waals surface area (Å²) in [5.74, 6) is -1.10. The monoisotopic (exact) mass is 268 g/mol. The largest absolute Gasteiger partial charge is 0.481 e. The van der Waals surface area contributed by atoms with Crippen LogP contribution in [0.15, 0.2) is 10.8 Å². The van der Waals surface area contributed by atoms with Crippen molar-refractivity contribution in [3.8, 4) is 0 Å². The SMILES string of the molecule is CCc1ocnc1C(=O)NCC(CC(C)C)C(=O)O. The molecule has 1 unspecified atom stereocenters. The Kier molecular flexibility index (Phi) is 5.54. The molecular weight excluding hydrogens is 248 g/mol. The predicted octanol–water partition coefficient (Wildman–Crippen LogP) is 1.71. The van der Waals surface area contributed by atoms with E-state index in [2.05, 4.69) is 10.3 Å². The fourth-order valence-electron chi connectivity index (χ4n) is 1.85. The quantitative estimate of drug-likeness (QED) is 0.785. The number of aryl methyl sites for hydroxylation is 1. The Balaban J connectivity index is 2.59. The van der Waals surface area contributed by atoms with Gasteiger partial charge in [-0.1, -0.05) is 20.8 Å². The summed E-state index contributed by atoms with van der Waals surface area (Å²) < 4.78 is 5.07. The molecule has 0 fully saturated rings. The zero-order valence-corrected chi connectivity index (χ0v) is 11.5. The highest BCUT2D eigenvalue weighted by Crippen LogP contribution is 2.12. The van der Waals surface area contributed by atoms with Crippen LogP contribution >= 0.6 is 0 Å². The van der Waals surface area contributed by atoms with Gasteiger partial charge < -0.3 is 14.8 Å². The van der Waals surface area contributed by atoms with Gasteiger partial charge in [-0.15, -0.1) is 0 Å². The molecule has 1 amide bonds. The minimum Gasteiger partial charge on any atom is -0.481 e. The van der Waals surface area contributed by atoms with Crippen LogP contribution in [0, 0.1) is 11.8 Å². The lowest BCUT2D eigenvalue weighted by molar-refractivity contribution is -0.142. The molecule has 0 bridgehead atoms. The van der Waals surface area contributed by atoms with E-state index in [-0.39, 0.29) is 24.1 Å². The number of aliphatic carboxylic acids is 1. The van der Waals surface area contributed by atoms with Crippen molar-refractivity contribution in [3.05, 3.63) is 17.8 Å². The molecule has 1 aromatic heterocycles. The number of amides is 1. The van der Waals surface area contributed by atoms with Crippen LogP contribution in [0.4, 0.5) is 0 Å². The Morgan fingerprint density at radius 1 is 1.47 bits per heavy atom. The number of carboxylic acid groups (broad SMARTS) is 1. The highest BCUT2D eigenvalue weighted by atomic mass is 16.4. The Morgan fingerprint density at radius 3 is 2.68 bits per heavy atom. The molecule has 0 saturated carbocycles. The third kappa shape index (κ3) is 4.39. The third-order valence-corrected chi connectivity index (χ3v) is 2.79. The van der Waals surface area contributed by atoms with Crippen molar-refractivity contribution in [2.75, 3.05) is 6.54 Å². The molecule has 0 aliphatic rings. The second-order valence-corrected chi connectivity index (χ2v) is 4.85. The fourth-order valence-corrected chi connectivity index (χ4v) is 1.85. The predicted molar refractivity (Wildman–Crippen MR) is 68.8 cm³/mol. The molecule has 1 atom stereocenters. The van der Waals surface area contributed by atoms with Crippen LogP contribution in [0.1, 0.15) is 43.4 Å². The number of nitrogens with zero attached hydrogens (tertiary/aromatic N) is 1. The molecule has 0 aromatic carbocycles. The number of nitrogens with one attached hydrogen (secondary N) is 1. The minimum atomic E-state index is -0.898. The maximum absolute atomic E-state index is 11.9. The zero-order valence-electron chi connectivity index (χ0n) is 11.5. The number of carbonyl (C=O) groups excluding carboxylic acids is 1. The normalized spacial score (nSPS) is 12.4. The van der Waals surface area contributed by atoms with E-state index in [0.717, 1.165) is 0 Å². The van der Waals surface area contributed by atoms with Gasteiger partial charge in [0.05, 0.1) is 5.92 Å². The minimum absolute atomic E-state index is 0.0996. The Labute approximate surface area is 112 Å².